The van der Waals surface area contributed by atoms with Crippen molar-refractivity contribution in [2.75, 3.05) is 12.9 Å². The second kappa shape index (κ2) is 7.23. The molecule has 1 aromatic carbocycles. The number of nitrogens with zero attached hydrogens (tertiary/aromatic N) is 2. The molecular formula is C19H20N2O2S. The minimum atomic E-state index is -0.404. The molecule has 24 heavy (non-hydrogen) atoms. The van der Waals surface area contributed by atoms with Gasteiger partial charge < -0.3 is 4.74 Å². The van der Waals surface area contributed by atoms with Crippen LogP contribution in [0.25, 0.3) is 0 Å². The lowest BCUT2D eigenvalue weighted by Gasteiger charge is -2.32. The zero-order valence-corrected chi connectivity index (χ0v) is 14.7. The summed E-state index contributed by atoms with van der Waals surface area (Å²) in [5.74, 6) is 0.306. The summed E-state index contributed by atoms with van der Waals surface area (Å²) in [7, 11) is 0. The monoisotopic (exact) mass is 340 g/mol. The van der Waals surface area contributed by atoms with Gasteiger partial charge in [-0.3, -0.25) is 4.79 Å². The third kappa shape index (κ3) is 2.99. The molecule has 1 aliphatic carbocycles. The third-order valence-corrected chi connectivity index (χ3v) is 5.25. The quantitative estimate of drug-likeness (QED) is 0.831. The SMILES string of the molecule is CCOc1ccc([C@H]2C3=C(CCCC3=O)N=C(SC)C2C#N)cc1. The number of hydrogen-bond donors (Lipinski definition) is 0. The fourth-order valence-electron chi connectivity index (χ4n) is 3.43. The van der Waals surface area contributed by atoms with Gasteiger partial charge in [0.1, 0.15) is 11.7 Å². The lowest BCUT2D eigenvalue weighted by Crippen LogP contribution is -2.30. The van der Waals surface area contributed by atoms with Gasteiger partial charge in [-0.2, -0.15) is 5.26 Å². The summed E-state index contributed by atoms with van der Waals surface area (Å²) < 4.78 is 5.50. The van der Waals surface area contributed by atoms with Crippen LogP contribution >= 0.6 is 11.8 Å². The molecule has 4 nitrogen and oxygen atoms in total. The lowest BCUT2D eigenvalue weighted by atomic mass is 9.74. The van der Waals surface area contributed by atoms with Gasteiger partial charge in [0.25, 0.3) is 0 Å². The number of benzene rings is 1. The average molecular weight is 340 g/mol. The first kappa shape index (κ1) is 16.8. The van der Waals surface area contributed by atoms with E-state index in [0.29, 0.717) is 13.0 Å². The number of aliphatic imine (C=N–C) groups is 1. The first-order valence-corrected chi connectivity index (χ1v) is 9.43. The molecule has 2 aliphatic rings. The Morgan fingerprint density at radius 1 is 1.33 bits per heavy atom. The molecule has 0 N–H and O–H groups in total. The van der Waals surface area contributed by atoms with Crippen molar-refractivity contribution in [3.05, 3.63) is 41.1 Å². The van der Waals surface area contributed by atoms with Crippen molar-refractivity contribution in [1.82, 2.24) is 0 Å². The van der Waals surface area contributed by atoms with Crippen LogP contribution in [-0.2, 0) is 4.79 Å². The molecule has 0 aromatic heterocycles. The fourth-order valence-corrected chi connectivity index (χ4v) is 4.07. The summed E-state index contributed by atoms with van der Waals surface area (Å²) >= 11 is 1.50. The van der Waals surface area contributed by atoms with E-state index in [1.807, 2.05) is 37.4 Å². The van der Waals surface area contributed by atoms with Gasteiger partial charge in [0.15, 0.2) is 5.78 Å². The second-order valence-electron chi connectivity index (χ2n) is 5.88. The second-order valence-corrected chi connectivity index (χ2v) is 6.70. The van der Waals surface area contributed by atoms with Crippen LogP contribution in [0.15, 0.2) is 40.5 Å². The summed E-state index contributed by atoms with van der Waals surface area (Å²) in [5.41, 5.74) is 2.60. The minimum absolute atomic E-state index is 0.138. The highest BCUT2D eigenvalue weighted by Gasteiger charge is 2.40. The van der Waals surface area contributed by atoms with Crippen molar-refractivity contribution in [2.45, 2.75) is 32.1 Å². The fraction of sp³-hybridized carbons (Fsp3) is 0.421. The number of Topliss-reactive ketones (excluding diaryl/α,β-unsaturated/α-hetero) is 1. The van der Waals surface area contributed by atoms with E-state index in [2.05, 4.69) is 11.1 Å². The molecule has 1 heterocycles. The Bertz CT molecular complexity index is 744. The topological polar surface area (TPSA) is 62.4 Å². The summed E-state index contributed by atoms with van der Waals surface area (Å²) in [6.45, 7) is 2.56. The van der Waals surface area contributed by atoms with Gasteiger partial charge in [-0.15, -0.1) is 11.8 Å². The average Bonchev–Trinajstić information content (AvgIpc) is 2.61. The molecule has 0 bridgehead atoms. The standard InChI is InChI=1S/C19H20N2O2S/c1-3-23-13-9-7-12(8-10-13)17-14(11-20)19(24-2)21-15-5-4-6-16(22)18(15)17/h7-10,14,17H,3-6H2,1-2H3/t14?,17-/m1/s1. The van der Waals surface area contributed by atoms with E-state index in [-0.39, 0.29) is 11.7 Å². The van der Waals surface area contributed by atoms with Gasteiger partial charge in [-0.1, -0.05) is 12.1 Å². The first-order valence-electron chi connectivity index (χ1n) is 8.20. The zero-order chi connectivity index (χ0) is 17.1. The van der Waals surface area contributed by atoms with Crippen LogP contribution in [0.4, 0.5) is 0 Å². The molecule has 1 unspecified atom stereocenters. The molecule has 3 rings (SSSR count). The molecule has 0 spiro atoms. The van der Waals surface area contributed by atoms with Crippen molar-refractivity contribution in [1.29, 1.82) is 5.26 Å². The lowest BCUT2D eigenvalue weighted by molar-refractivity contribution is -0.116. The summed E-state index contributed by atoms with van der Waals surface area (Å²) in [5, 5.41) is 10.5. The van der Waals surface area contributed by atoms with Crippen LogP contribution in [0.3, 0.4) is 0 Å². The molecule has 0 amide bonds. The largest absolute Gasteiger partial charge is 0.494 e. The van der Waals surface area contributed by atoms with E-state index >= 15 is 0 Å². The van der Waals surface area contributed by atoms with E-state index in [1.165, 1.54) is 11.8 Å². The van der Waals surface area contributed by atoms with Gasteiger partial charge in [-0.25, -0.2) is 4.99 Å². The molecule has 0 saturated heterocycles. The Morgan fingerprint density at radius 2 is 2.08 bits per heavy atom. The van der Waals surface area contributed by atoms with Gasteiger partial charge >= 0.3 is 0 Å². The number of allylic oxidation sites excluding steroid dienone is 2. The van der Waals surface area contributed by atoms with Crippen molar-refractivity contribution >= 4 is 22.6 Å². The maximum absolute atomic E-state index is 12.6. The van der Waals surface area contributed by atoms with Crippen molar-refractivity contribution < 1.29 is 9.53 Å². The Balaban J connectivity index is 2.08. The highest BCUT2D eigenvalue weighted by atomic mass is 32.2. The van der Waals surface area contributed by atoms with Crippen molar-refractivity contribution in [2.24, 2.45) is 10.9 Å². The van der Waals surface area contributed by atoms with Crippen LogP contribution in [0.2, 0.25) is 0 Å². The van der Waals surface area contributed by atoms with Crippen LogP contribution in [0.1, 0.15) is 37.7 Å². The number of nitriles is 1. The number of thioether (sulfide) groups is 1. The predicted molar refractivity (Wildman–Crippen MR) is 96.3 cm³/mol. The van der Waals surface area contributed by atoms with Crippen LogP contribution in [0, 0.1) is 17.2 Å². The summed E-state index contributed by atoms with van der Waals surface area (Å²) in [6, 6.07) is 10.1. The summed E-state index contributed by atoms with van der Waals surface area (Å²) in [6.07, 6.45) is 4.15. The third-order valence-electron chi connectivity index (χ3n) is 4.48. The van der Waals surface area contributed by atoms with Crippen molar-refractivity contribution in [3.63, 3.8) is 0 Å². The highest BCUT2D eigenvalue weighted by Crippen LogP contribution is 2.44. The van der Waals surface area contributed by atoms with Gasteiger partial charge in [-0.05, 0) is 43.7 Å². The van der Waals surface area contributed by atoms with E-state index in [0.717, 1.165) is 40.5 Å². The number of hydrogen-bond acceptors (Lipinski definition) is 5. The zero-order valence-electron chi connectivity index (χ0n) is 13.9. The van der Waals surface area contributed by atoms with Gasteiger partial charge in [0.05, 0.1) is 17.7 Å². The maximum atomic E-state index is 12.6. The maximum Gasteiger partial charge on any atom is 0.161 e. The molecule has 1 aromatic rings. The smallest absolute Gasteiger partial charge is 0.161 e. The highest BCUT2D eigenvalue weighted by molar-refractivity contribution is 8.13. The predicted octanol–water partition coefficient (Wildman–Crippen LogP) is 4.09. The number of rotatable bonds is 3. The minimum Gasteiger partial charge on any atom is -0.494 e. The van der Waals surface area contributed by atoms with Crippen LogP contribution < -0.4 is 4.74 Å². The number of carbonyl (C=O) groups excluding carboxylic acids is 1. The molecular weight excluding hydrogens is 320 g/mol. The van der Waals surface area contributed by atoms with E-state index in [4.69, 9.17) is 4.74 Å². The molecule has 0 fully saturated rings. The Kier molecular flexibility index (Phi) is 5.06. The van der Waals surface area contributed by atoms with Crippen molar-refractivity contribution in [3.8, 4) is 11.8 Å². The number of ketones is 1. The van der Waals surface area contributed by atoms with E-state index < -0.39 is 5.92 Å². The molecule has 5 heteroatoms. The molecule has 1 aliphatic heterocycles. The summed E-state index contributed by atoms with van der Waals surface area (Å²) in [4.78, 5) is 17.2. The van der Waals surface area contributed by atoms with E-state index in [9.17, 15) is 10.1 Å². The number of ether oxygens (including phenoxy) is 1. The normalized spacial score (nSPS) is 23.4. The Morgan fingerprint density at radius 3 is 2.71 bits per heavy atom. The Labute approximate surface area is 146 Å². The van der Waals surface area contributed by atoms with Crippen LogP contribution in [0.5, 0.6) is 5.75 Å². The molecule has 2 atom stereocenters. The van der Waals surface area contributed by atoms with Crippen LogP contribution in [-0.4, -0.2) is 23.7 Å². The van der Waals surface area contributed by atoms with Gasteiger partial charge in [0.2, 0.25) is 0 Å². The molecule has 0 radical (unpaired) electrons. The molecule has 0 saturated carbocycles. The Hall–Kier alpha value is -2.06. The van der Waals surface area contributed by atoms with E-state index in [1.54, 1.807) is 0 Å². The van der Waals surface area contributed by atoms with Gasteiger partial charge in [0, 0.05) is 23.6 Å². The number of carbonyl (C=O) groups is 1. The first-order chi connectivity index (χ1) is 11.7. The molecule has 124 valence electrons.